The predicted octanol–water partition coefficient (Wildman–Crippen LogP) is 4.02. The van der Waals surface area contributed by atoms with E-state index in [9.17, 15) is 0 Å². The van der Waals surface area contributed by atoms with E-state index >= 15 is 0 Å². The monoisotopic (exact) mass is 198 g/mol. The van der Waals surface area contributed by atoms with Crippen LogP contribution in [0.25, 0.3) is 0 Å². The largest absolute Gasteiger partial charge is 0.381 e. The first kappa shape index (κ1) is 12.0. The van der Waals surface area contributed by atoms with E-state index in [1.54, 1.807) is 0 Å². The van der Waals surface area contributed by atoms with E-state index in [1.807, 2.05) is 0 Å². The van der Waals surface area contributed by atoms with E-state index < -0.39 is 0 Å². The van der Waals surface area contributed by atoms with Gasteiger partial charge in [-0.3, -0.25) is 0 Å². The van der Waals surface area contributed by atoms with Gasteiger partial charge in [-0.15, -0.1) is 0 Å². The Bertz CT molecular complexity index is 147. The van der Waals surface area contributed by atoms with E-state index in [4.69, 9.17) is 4.74 Å². The molecule has 0 unspecified atom stereocenters. The van der Waals surface area contributed by atoms with Crippen molar-refractivity contribution in [3.63, 3.8) is 0 Å². The molecule has 0 aromatic rings. The third kappa shape index (κ3) is 4.45. The highest BCUT2D eigenvalue weighted by Gasteiger charge is 2.41. The summed E-state index contributed by atoms with van der Waals surface area (Å²) in [5, 5.41) is 0. The van der Waals surface area contributed by atoms with Crippen LogP contribution in [0.2, 0.25) is 0 Å². The summed E-state index contributed by atoms with van der Waals surface area (Å²) >= 11 is 0. The molecule has 0 radical (unpaired) electrons. The molecule has 0 aliphatic heterocycles. The van der Waals surface area contributed by atoms with Crippen molar-refractivity contribution in [2.24, 2.45) is 11.3 Å². The topological polar surface area (TPSA) is 9.23 Å². The first-order valence-electron chi connectivity index (χ1n) is 6.26. The third-order valence-electron chi connectivity index (χ3n) is 3.13. The van der Waals surface area contributed by atoms with Gasteiger partial charge in [0.15, 0.2) is 0 Å². The maximum atomic E-state index is 5.75. The van der Waals surface area contributed by atoms with E-state index in [1.165, 1.54) is 38.5 Å². The van der Waals surface area contributed by atoms with E-state index in [0.717, 1.165) is 13.2 Å². The molecule has 84 valence electrons. The Balaban J connectivity index is 2.03. The molecule has 0 atom stereocenters. The first-order valence-corrected chi connectivity index (χ1v) is 6.26. The lowest BCUT2D eigenvalue weighted by Crippen LogP contribution is -2.13. The lowest BCUT2D eigenvalue weighted by atomic mass is 9.99. The number of hydrogen-bond acceptors (Lipinski definition) is 1. The van der Waals surface area contributed by atoms with Crippen molar-refractivity contribution in [3.8, 4) is 0 Å². The second kappa shape index (κ2) is 5.75. The summed E-state index contributed by atoms with van der Waals surface area (Å²) in [6, 6.07) is 0. The van der Waals surface area contributed by atoms with Gasteiger partial charge in [-0.05, 0) is 30.6 Å². The number of unbranched alkanes of at least 4 members (excludes halogenated alkanes) is 2. The average molecular weight is 198 g/mol. The number of ether oxygens (including phenoxy) is 1. The zero-order valence-corrected chi connectivity index (χ0v) is 10.1. The summed E-state index contributed by atoms with van der Waals surface area (Å²) in [6.45, 7) is 8.67. The zero-order chi connectivity index (χ0) is 10.4. The van der Waals surface area contributed by atoms with Crippen molar-refractivity contribution >= 4 is 0 Å². The molecule has 1 rings (SSSR count). The fourth-order valence-corrected chi connectivity index (χ4v) is 1.90. The summed E-state index contributed by atoms with van der Waals surface area (Å²) in [4.78, 5) is 0. The van der Waals surface area contributed by atoms with Crippen LogP contribution >= 0.6 is 0 Å². The lowest BCUT2D eigenvalue weighted by molar-refractivity contribution is 0.0674. The smallest absolute Gasteiger partial charge is 0.0522 e. The van der Waals surface area contributed by atoms with Crippen LogP contribution in [0.15, 0.2) is 0 Å². The highest BCUT2D eigenvalue weighted by molar-refractivity contribution is 4.92. The molecule has 1 aliphatic rings. The van der Waals surface area contributed by atoms with E-state index in [-0.39, 0.29) is 0 Å². The van der Waals surface area contributed by atoms with Crippen molar-refractivity contribution < 1.29 is 4.74 Å². The predicted molar refractivity (Wildman–Crippen MR) is 61.5 cm³/mol. The van der Waals surface area contributed by atoms with Gasteiger partial charge < -0.3 is 4.74 Å². The highest BCUT2D eigenvalue weighted by Crippen LogP contribution is 2.50. The van der Waals surface area contributed by atoms with Crippen molar-refractivity contribution in [1.29, 1.82) is 0 Å². The molecule has 1 heteroatoms. The van der Waals surface area contributed by atoms with Gasteiger partial charge in [0, 0.05) is 6.61 Å². The summed E-state index contributed by atoms with van der Waals surface area (Å²) < 4.78 is 5.75. The Labute approximate surface area is 89.2 Å². The van der Waals surface area contributed by atoms with Crippen LogP contribution in [0.4, 0.5) is 0 Å². The van der Waals surface area contributed by atoms with Crippen molar-refractivity contribution in [1.82, 2.24) is 0 Å². The molecule has 0 N–H and O–H groups in total. The first-order chi connectivity index (χ1) is 6.68. The van der Waals surface area contributed by atoms with Crippen LogP contribution in [0, 0.1) is 11.3 Å². The molecule has 0 saturated heterocycles. The number of rotatable bonds is 8. The van der Waals surface area contributed by atoms with Gasteiger partial charge in [0.05, 0.1) is 6.61 Å². The van der Waals surface area contributed by atoms with Gasteiger partial charge in [-0.25, -0.2) is 0 Å². The number of hydrogen-bond donors (Lipinski definition) is 0. The van der Waals surface area contributed by atoms with Crippen LogP contribution in [-0.2, 0) is 4.74 Å². The molecular weight excluding hydrogens is 172 g/mol. The molecule has 0 aromatic carbocycles. The summed E-state index contributed by atoms with van der Waals surface area (Å²) in [6.07, 6.45) is 8.36. The maximum absolute atomic E-state index is 5.75. The van der Waals surface area contributed by atoms with Gasteiger partial charge in [0.1, 0.15) is 0 Å². The molecule has 1 saturated carbocycles. The van der Waals surface area contributed by atoms with Crippen LogP contribution in [-0.4, -0.2) is 13.2 Å². The molecule has 14 heavy (non-hydrogen) atoms. The summed E-state index contributed by atoms with van der Waals surface area (Å²) in [5.41, 5.74) is 0.615. The molecule has 0 spiro atoms. The Morgan fingerprint density at radius 1 is 1.21 bits per heavy atom. The van der Waals surface area contributed by atoms with Gasteiger partial charge in [-0.1, -0.05) is 40.0 Å². The second-order valence-corrected chi connectivity index (χ2v) is 5.37. The van der Waals surface area contributed by atoms with Crippen LogP contribution in [0.1, 0.15) is 59.3 Å². The quantitative estimate of drug-likeness (QED) is 0.535. The van der Waals surface area contributed by atoms with Crippen LogP contribution < -0.4 is 0 Å². The molecule has 1 fully saturated rings. The minimum Gasteiger partial charge on any atom is -0.381 e. The standard InChI is InChI=1S/C13H26O/c1-4-5-6-7-13(8-9-13)11-14-10-12(2)3/h12H,4-11H2,1-3H3. The van der Waals surface area contributed by atoms with Crippen LogP contribution in [0.5, 0.6) is 0 Å². The molecule has 1 nitrogen and oxygen atoms in total. The Morgan fingerprint density at radius 3 is 2.43 bits per heavy atom. The fourth-order valence-electron chi connectivity index (χ4n) is 1.90. The van der Waals surface area contributed by atoms with Crippen molar-refractivity contribution in [2.75, 3.05) is 13.2 Å². The molecule has 0 heterocycles. The molecule has 0 aromatic heterocycles. The zero-order valence-electron chi connectivity index (χ0n) is 10.1. The summed E-state index contributed by atoms with van der Waals surface area (Å²) in [7, 11) is 0. The maximum Gasteiger partial charge on any atom is 0.0522 e. The third-order valence-corrected chi connectivity index (χ3v) is 3.13. The molecule has 0 amide bonds. The van der Waals surface area contributed by atoms with Crippen molar-refractivity contribution in [2.45, 2.75) is 59.3 Å². The average Bonchev–Trinajstić information content (AvgIpc) is 2.85. The summed E-state index contributed by atoms with van der Waals surface area (Å²) in [5.74, 6) is 0.682. The Hall–Kier alpha value is -0.0400. The Morgan fingerprint density at radius 2 is 1.93 bits per heavy atom. The highest BCUT2D eigenvalue weighted by atomic mass is 16.5. The van der Waals surface area contributed by atoms with Crippen molar-refractivity contribution in [3.05, 3.63) is 0 Å². The molecule has 0 bridgehead atoms. The fraction of sp³-hybridized carbons (Fsp3) is 1.00. The Kier molecular flexibility index (Phi) is 4.94. The minimum atomic E-state index is 0.615. The normalized spacial score (nSPS) is 18.9. The second-order valence-electron chi connectivity index (χ2n) is 5.37. The van der Waals surface area contributed by atoms with Gasteiger partial charge in [0.25, 0.3) is 0 Å². The van der Waals surface area contributed by atoms with Gasteiger partial charge in [0.2, 0.25) is 0 Å². The molecular formula is C13H26O. The van der Waals surface area contributed by atoms with E-state index in [0.29, 0.717) is 11.3 Å². The lowest BCUT2D eigenvalue weighted by Gasteiger charge is -2.16. The van der Waals surface area contributed by atoms with Crippen LogP contribution in [0.3, 0.4) is 0 Å². The SMILES string of the molecule is CCCCCC1(COCC(C)C)CC1. The van der Waals surface area contributed by atoms with Gasteiger partial charge >= 0.3 is 0 Å². The van der Waals surface area contributed by atoms with Gasteiger partial charge in [-0.2, -0.15) is 0 Å². The molecule has 1 aliphatic carbocycles. The van der Waals surface area contributed by atoms with E-state index in [2.05, 4.69) is 20.8 Å². The minimum absolute atomic E-state index is 0.615.